The molecule has 1 heterocycles. The highest BCUT2D eigenvalue weighted by Crippen LogP contribution is 2.30. The number of aromatic nitrogens is 1. The summed E-state index contributed by atoms with van der Waals surface area (Å²) in [6, 6.07) is 14.8. The highest BCUT2D eigenvalue weighted by Gasteiger charge is 2.06. The van der Waals surface area contributed by atoms with Gasteiger partial charge in [-0.05, 0) is 35.9 Å². The van der Waals surface area contributed by atoms with E-state index in [1.54, 1.807) is 23.5 Å². The molecule has 0 amide bonds. The summed E-state index contributed by atoms with van der Waals surface area (Å²) in [5.74, 6) is 0.244. The van der Waals surface area contributed by atoms with Crippen LogP contribution in [0.3, 0.4) is 0 Å². The second-order valence-corrected chi connectivity index (χ2v) is 5.51. The summed E-state index contributed by atoms with van der Waals surface area (Å²) in [5, 5.41) is 10.6. The van der Waals surface area contributed by atoms with Crippen molar-refractivity contribution >= 4 is 44.3 Å². The fourth-order valence-corrected chi connectivity index (χ4v) is 2.91. The van der Waals surface area contributed by atoms with Gasteiger partial charge in [0.15, 0.2) is 0 Å². The average Bonchev–Trinajstić information content (AvgIpc) is 2.85. The second kappa shape index (κ2) is 5.03. The third-order valence-corrected chi connectivity index (χ3v) is 4.15. The summed E-state index contributed by atoms with van der Waals surface area (Å²) in [7, 11) is 0. The van der Waals surface area contributed by atoms with Gasteiger partial charge in [-0.3, -0.25) is 0 Å². The first kappa shape index (κ1) is 12.2. The zero-order valence-electron chi connectivity index (χ0n) is 9.88. The van der Waals surface area contributed by atoms with E-state index < -0.39 is 0 Å². The standard InChI is InChI=1S/C15H10ClNOS/c16-12(9-10-5-7-11(18)8-6-10)15-17-13-3-1-2-4-14(13)19-15/h1-9,18H/b12-9-. The molecule has 94 valence electrons. The van der Waals surface area contributed by atoms with E-state index >= 15 is 0 Å². The van der Waals surface area contributed by atoms with Crippen molar-refractivity contribution in [2.24, 2.45) is 0 Å². The van der Waals surface area contributed by atoms with Gasteiger partial charge >= 0.3 is 0 Å². The van der Waals surface area contributed by atoms with Gasteiger partial charge in [0, 0.05) is 0 Å². The Labute approximate surface area is 119 Å². The van der Waals surface area contributed by atoms with Crippen molar-refractivity contribution in [3.8, 4) is 5.75 Å². The Bertz CT molecular complexity index is 713. The lowest BCUT2D eigenvalue weighted by atomic mass is 10.2. The fraction of sp³-hybridized carbons (Fsp3) is 0. The maximum Gasteiger partial charge on any atom is 0.136 e. The Kier molecular flexibility index (Phi) is 3.23. The smallest absolute Gasteiger partial charge is 0.136 e. The van der Waals surface area contributed by atoms with Crippen LogP contribution in [0, 0.1) is 0 Å². The van der Waals surface area contributed by atoms with Gasteiger partial charge in [-0.1, -0.05) is 35.9 Å². The van der Waals surface area contributed by atoms with Crippen LogP contribution in [-0.2, 0) is 0 Å². The molecule has 3 aromatic rings. The van der Waals surface area contributed by atoms with Crippen LogP contribution in [0.5, 0.6) is 5.75 Å². The van der Waals surface area contributed by atoms with Gasteiger partial charge < -0.3 is 5.11 Å². The Morgan fingerprint density at radius 3 is 2.58 bits per heavy atom. The number of hydrogen-bond donors (Lipinski definition) is 1. The van der Waals surface area contributed by atoms with Crippen molar-refractivity contribution in [1.82, 2.24) is 4.98 Å². The molecule has 0 radical (unpaired) electrons. The Morgan fingerprint density at radius 1 is 1.11 bits per heavy atom. The van der Waals surface area contributed by atoms with E-state index in [-0.39, 0.29) is 5.75 Å². The number of halogens is 1. The van der Waals surface area contributed by atoms with Gasteiger partial charge in [0.25, 0.3) is 0 Å². The first-order valence-corrected chi connectivity index (χ1v) is 6.94. The topological polar surface area (TPSA) is 33.1 Å². The lowest BCUT2D eigenvalue weighted by Crippen LogP contribution is -1.76. The minimum Gasteiger partial charge on any atom is -0.508 e. The summed E-state index contributed by atoms with van der Waals surface area (Å²) < 4.78 is 1.12. The molecule has 19 heavy (non-hydrogen) atoms. The number of hydrogen-bond acceptors (Lipinski definition) is 3. The molecule has 4 heteroatoms. The summed E-state index contributed by atoms with van der Waals surface area (Å²) in [5.41, 5.74) is 1.89. The average molecular weight is 288 g/mol. The van der Waals surface area contributed by atoms with Gasteiger partial charge in [0.1, 0.15) is 10.8 Å². The van der Waals surface area contributed by atoms with E-state index in [0.29, 0.717) is 5.03 Å². The highest BCUT2D eigenvalue weighted by atomic mass is 35.5. The van der Waals surface area contributed by atoms with Crippen LogP contribution in [0.25, 0.3) is 21.3 Å². The lowest BCUT2D eigenvalue weighted by Gasteiger charge is -1.96. The van der Waals surface area contributed by atoms with Crippen LogP contribution >= 0.6 is 22.9 Å². The zero-order chi connectivity index (χ0) is 13.2. The Balaban J connectivity index is 1.98. The minimum atomic E-state index is 0.244. The predicted molar refractivity (Wildman–Crippen MR) is 81.5 cm³/mol. The molecule has 0 spiro atoms. The lowest BCUT2D eigenvalue weighted by molar-refractivity contribution is 0.475. The number of para-hydroxylation sites is 1. The van der Waals surface area contributed by atoms with Crippen LogP contribution in [0.1, 0.15) is 10.6 Å². The minimum absolute atomic E-state index is 0.244. The fourth-order valence-electron chi connectivity index (χ4n) is 1.75. The van der Waals surface area contributed by atoms with Gasteiger partial charge in [0.2, 0.25) is 0 Å². The Morgan fingerprint density at radius 2 is 1.84 bits per heavy atom. The van der Waals surface area contributed by atoms with E-state index in [9.17, 15) is 5.11 Å². The molecule has 0 bridgehead atoms. The molecular weight excluding hydrogens is 278 g/mol. The van der Waals surface area contributed by atoms with E-state index in [1.807, 2.05) is 42.5 Å². The molecule has 2 aromatic carbocycles. The van der Waals surface area contributed by atoms with Crippen molar-refractivity contribution in [2.45, 2.75) is 0 Å². The first-order chi connectivity index (χ1) is 9.22. The van der Waals surface area contributed by atoms with Crippen LogP contribution in [-0.4, -0.2) is 10.1 Å². The van der Waals surface area contributed by atoms with Gasteiger partial charge in [-0.15, -0.1) is 11.3 Å². The maximum absolute atomic E-state index is 9.24. The predicted octanol–water partition coefficient (Wildman–Crippen LogP) is 4.74. The number of phenolic OH excluding ortho intramolecular Hbond substituents is 1. The van der Waals surface area contributed by atoms with Crippen LogP contribution in [0.2, 0.25) is 0 Å². The number of thiazole rings is 1. The molecule has 0 saturated carbocycles. The second-order valence-electron chi connectivity index (χ2n) is 4.07. The molecule has 0 aliphatic carbocycles. The molecule has 0 aliphatic heterocycles. The molecule has 0 fully saturated rings. The van der Waals surface area contributed by atoms with Crippen molar-refractivity contribution in [3.63, 3.8) is 0 Å². The number of fused-ring (bicyclic) bond motifs is 1. The van der Waals surface area contributed by atoms with Crippen LogP contribution in [0.15, 0.2) is 48.5 Å². The quantitative estimate of drug-likeness (QED) is 0.738. The molecule has 2 nitrogen and oxygen atoms in total. The van der Waals surface area contributed by atoms with Gasteiger partial charge in [0.05, 0.1) is 15.2 Å². The van der Waals surface area contributed by atoms with Gasteiger partial charge in [-0.25, -0.2) is 4.98 Å². The first-order valence-electron chi connectivity index (χ1n) is 5.74. The summed E-state index contributed by atoms with van der Waals surface area (Å²) in [6.07, 6.45) is 1.85. The molecule has 3 rings (SSSR count). The van der Waals surface area contributed by atoms with Crippen LogP contribution in [0.4, 0.5) is 0 Å². The number of nitrogens with zero attached hydrogens (tertiary/aromatic N) is 1. The normalized spacial score (nSPS) is 11.9. The Hall–Kier alpha value is -1.84. The summed E-state index contributed by atoms with van der Waals surface area (Å²) >= 11 is 7.87. The van der Waals surface area contributed by atoms with E-state index in [2.05, 4.69) is 4.98 Å². The summed E-state index contributed by atoms with van der Waals surface area (Å²) in [4.78, 5) is 4.50. The monoisotopic (exact) mass is 287 g/mol. The van der Waals surface area contributed by atoms with E-state index in [4.69, 9.17) is 11.6 Å². The summed E-state index contributed by atoms with van der Waals surface area (Å²) in [6.45, 7) is 0. The molecule has 1 N–H and O–H groups in total. The van der Waals surface area contributed by atoms with E-state index in [1.165, 1.54) is 0 Å². The third kappa shape index (κ3) is 2.62. The highest BCUT2D eigenvalue weighted by molar-refractivity contribution is 7.20. The number of aromatic hydroxyl groups is 1. The molecular formula is C15H10ClNOS. The zero-order valence-corrected chi connectivity index (χ0v) is 11.4. The largest absolute Gasteiger partial charge is 0.508 e. The van der Waals surface area contributed by atoms with Crippen molar-refractivity contribution < 1.29 is 5.11 Å². The molecule has 1 aromatic heterocycles. The third-order valence-electron chi connectivity index (χ3n) is 2.68. The van der Waals surface area contributed by atoms with Crippen LogP contribution < -0.4 is 0 Å². The molecule has 0 atom stereocenters. The molecule has 0 saturated heterocycles. The molecule has 0 aliphatic rings. The molecule has 0 unspecified atom stereocenters. The van der Waals surface area contributed by atoms with Crippen molar-refractivity contribution in [2.75, 3.05) is 0 Å². The van der Waals surface area contributed by atoms with Crippen molar-refractivity contribution in [3.05, 3.63) is 59.1 Å². The SMILES string of the molecule is Oc1ccc(/C=C(\Cl)c2nc3ccccc3s2)cc1. The maximum atomic E-state index is 9.24. The number of phenols is 1. The van der Waals surface area contributed by atoms with Gasteiger partial charge in [-0.2, -0.15) is 0 Å². The number of rotatable bonds is 2. The van der Waals surface area contributed by atoms with Crippen molar-refractivity contribution in [1.29, 1.82) is 0 Å². The van der Waals surface area contributed by atoms with E-state index in [0.717, 1.165) is 20.8 Å². The number of benzene rings is 2.